The van der Waals surface area contributed by atoms with Crippen molar-refractivity contribution >= 4 is 17.0 Å². The highest BCUT2D eigenvalue weighted by molar-refractivity contribution is 7.13. The van der Waals surface area contributed by atoms with Crippen molar-refractivity contribution in [2.75, 3.05) is 44.2 Å². The van der Waals surface area contributed by atoms with Gasteiger partial charge >= 0.3 is 0 Å². The zero-order chi connectivity index (χ0) is 24.3. The fourth-order valence-corrected chi connectivity index (χ4v) is 5.65. The van der Waals surface area contributed by atoms with Crippen LogP contribution in [0.15, 0.2) is 53.3 Å². The highest BCUT2D eigenvalue weighted by atomic mass is 32.1. The molecule has 0 spiro atoms. The average molecular weight is 504 g/mol. The molecule has 0 bridgehead atoms. The van der Waals surface area contributed by atoms with Crippen molar-refractivity contribution in [3.8, 4) is 16.5 Å². The molecule has 2 aliphatic heterocycles. The summed E-state index contributed by atoms with van der Waals surface area (Å²) < 4.78 is 1.88. The van der Waals surface area contributed by atoms with Gasteiger partial charge in [-0.05, 0) is 30.8 Å². The predicted octanol–water partition coefficient (Wildman–Crippen LogP) is 2.26. The third-order valence-electron chi connectivity index (χ3n) is 6.79. The average Bonchev–Trinajstić information content (AvgIpc) is 3.62. The van der Waals surface area contributed by atoms with E-state index in [1.807, 2.05) is 40.7 Å². The Hall–Kier alpha value is -3.41. The van der Waals surface area contributed by atoms with Crippen LogP contribution in [0, 0.1) is 0 Å². The molecule has 4 aromatic rings. The topological polar surface area (TPSA) is 108 Å². The normalized spacial score (nSPS) is 19.0. The molecule has 0 radical (unpaired) electrons. The molecule has 36 heavy (non-hydrogen) atoms. The number of imidazole rings is 1. The molecule has 2 fully saturated rings. The molecule has 186 valence electrons. The summed E-state index contributed by atoms with van der Waals surface area (Å²) in [5, 5.41) is 5.37. The smallest absolute Gasteiger partial charge is 0.251 e. The minimum Gasteiger partial charge on any atom is -0.366 e. The van der Waals surface area contributed by atoms with Gasteiger partial charge in [0.05, 0.1) is 34.3 Å². The summed E-state index contributed by atoms with van der Waals surface area (Å²) in [6.45, 7) is 6.46. The second-order valence-corrected chi connectivity index (χ2v) is 10.3. The van der Waals surface area contributed by atoms with Crippen LogP contribution in [0.4, 0.5) is 5.69 Å². The summed E-state index contributed by atoms with van der Waals surface area (Å²) in [5.74, 6) is 1.59. The maximum absolute atomic E-state index is 12.3. The standard InChI is InChI=1S/C25H29N9OS/c35-23-11-21(22-4-2-10-36-22)30-24(31-23)18-3-1-7-32(14-18)15-19-16-34(17-29-19)25-27-12-20(13-28-25)33-8-5-26-6-9-33/h2,4,10-13,16-18,26H,1,3,5-9,14-15H2,(H,30,31,35). The summed E-state index contributed by atoms with van der Waals surface area (Å²) in [7, 11) is 0. The number of hydrogen-bond acceptors (Lipinski definition) is 9. The van der Waals surface area contributed by atoms with E-state index >= 15 is 0 Å². The van der Waals surface area contributed by atoms with Crippen LogP contribution >= 0.6 is 11.3 Å². The van der Waals surface area contributed by atoms with E-state index < -0.39 is 0 Å². The van der Waals surface area contributed by atoms with E-state index in [1.54, 1.807) is 23.7 Å². The predicted molar refractivity (Wildman–Crippen MR) is 140 cm³/mol. The maximum atomic E-state index is 12.3. The molecule has 6 heterocycles. The third kappa shape index (κ3) is 5.08. The first kappa shape index (κ1) is 23.0. The minimum atomic E-state index is -0.0951. The first-order chi connectivity index (χ1) is 17.7. The van der Waals surface area contributed by atoms with Crippen molar-refractivity contribution < 1.29 is 0 Å². The molecule has 11 heteroatoms. The molecule has 0 amide bonds. The van der Waals surface area contributed by atoms with Crippen LogP contribution in [-0.2, 0) is 6.54 Å². The molecule has 0 aromatic carbocycles. The van der Waals surface area contributed by atoms with E-state index in [0.717, 1.165) is 86.4 Å². The van der Waals surface area contributed by atoms with Gasteiger partial charge in [-0.1, -0.05) is 6.07 Å². The second-order valence-electron chi connectivity index (χ2n) is 9.32. The van der Waals surface area contributed by atoms with Crippen LogP contribution in [0.1, 0.15) is 30.3 Å². The first-order valence-corrected chi connectivity index (χ1v) is 13.3. The van der Waals surface area contributed by atoms with Crippen LogP contribution in [0.5, 0.6) is 0 Å². The maximum Gasteiger partial charge on any atom is 0.251 e. The Balaban J connectivity index is 1.12. The Morgan fingerprint density at radius 3 is 2.78 bits per heavy atom. The Morgan fingerprint density at radius 2 is 1.97 bits per heavy atom. The highest BCUT2D eigenvalue weighted by Crippen LogP contribution is 2.27. The molecule has 2 N–H and O–H groups in total. The summed E-state index contributed by atoms with van der Waals surface area (Å²) in [5.41, 5.74) is 2.68. The molecule has 0 aliphatic carbocycles. The molecule has 1 atom stereocenters. The van der Waals surface area contributed by atoms with Gasteiger partial charge in [-0.2, -0.15) is 0 Å². The first-order valence-electron chi connectivity index (χ1n) is 12.4. The zero-order valence-electron chi connectivity index (χ0n) is 20.0. The van der Waals surface area contributed by atoms with Gasteiger partial charge < -0.3 is 15.2 Å². The summed E-state index contributed by atoms with van der Waals surface area (Å²) in [6.07, 6.45) is 9.62. The number of H-pyrrole nitrogens is 1. The van der Waals surface area contributed by atoms with Crippen LogP contribution in [-0.4, -0.2) is 73.7 Å². The van der Waals surface area contributed by atoms with Crippen molar-refractivity contribution in [3.63, 3.8) is 0 Å². The van der Waals surface area contributed by atoms with Crippen molar-refractivity contribution in [1.82, 2.24) is 39.7 Å². The zero-order valence-corrected chi connectivity index (χ0v) is 20.8. The lowest BCUT2D eigenvalue weighted by molar-refractivity contribution is 0.194. The number of thiophene rings is 1. The number of rotatable bonds is 6. The van der Waals surface area contributed by atoms with Gasteiger partial charge in [-0.3, -0.25) is 14.3 Å². The Bertz CT molecular complexity index is 1340. The number of anilines is 1. The van der Waals surface area contributed by atoms with Gasteiger partial charge in [-0.15, -0.1) is 11.3 Å². The van der Waals surface area contributed by atoms with E-state index in [4.69, 9.17) is 4.98 Å². The molecule has 1 unspecified atom stereocenters. The van der Waals surface area contributed by atoms with Gasteiger partial charge in [0.25, 0.3) is 5.56 Å². The molecule has 2 aliphatic rings. The molecular formula is C25H29N9OS. The Labute approximate surface area is 213 Å². The largest absolute Gasteiger partial charge is 0.366 e. The van der Waals surface area contributed by atoms with E-state index in [0.29, 0.717) is 5.95 Å². The number of aromatic amines is 1. The van der Waals surface area contributed by atoms with Crippen LogP contribution < -0.4 is 15.8 Å². The van der Waals surface area contributed by atoms with E-state index in [2.05, 4.69) is 35.1 Å². The fourth-order valence-electron chi connectivity index (χ4n) is 4.96. The van der Waals surface area contributed by atoms with Crippen LogP contribution in [0.2, 0.25) is 0 Å². The molecule has 0 saturated carbocycles. The minimum absolute atomic E-state index is 0.0951. The number of nitrogens with zero attached hydrogens (tertiary/aromatic N) is 7. The lowest BCUT2D eigenvalue weighted by atomic mass is 9.97. The number of hydrogen-bond donors (Lipinski definition) is 2. The highest BCUT2D eigenvalue weighted by Gasteiger charge is 2.24. The van der Waals surface area contributed by atoms with E-state index in [1.165, 1.54) is 0 Å². The Kier molecular flexibility index (Phi) is 6.58. The fraction of sp³-hybridized carbons (Fsp3) is 0.400. The van der Waals surface area contributed by atoms with Crippen molar-refractivity contribution in [3.05, 3.63) is 70.4 Å². The van der Waals surface area contributed by atoms with Gasteiger partial charge in [0, 0.05) is 57.4 Å². The van der Waals surface area contributed by atoms with Crippen molar-refractivity contribution in [1.29, 1.82) is 0 Å². The third-order valence-corrected chi connectivity index (χ3v) is 7.68. The van der Waals surface area contributed by atoms with Gasteiger partial charge in [-0.25, -0.2) is 19.9 Å². The molecular weight excluding hydrogens is 474 g/mol. The van der Waals surface area contributed by atoms with Crippen molar-refractivity contribution in [2.24, 2.45) is 0 Å². The summed E-state index contributed by atoms with van der Waals surface area (Å²) in [6, 6.07) is 5.57. The number of piperidine rings is 1. The summed E-state index contributed by atoms with van der Waals surface area (Å²) >= 11 is 1.60. The molecule has 10 nitrogen and oxygen atoms in total. The molecule has 2 saturated heterocycles. The number of aromatic nitrogens is 6. The van der Waals surface area contributed by atoms with Crippen LogP contribution in [0.25, 0.3) is 16.5 Å². The monoisotopic (exact) mass is 503 g/mol. The molecule has 6 rings (SSSR count). The Morgan fingerprint density at radius 1 is 1.11 bits per heavy atom. The van der Waals surface area contributed by atoms with Gasteiger partial charge in [0.1, 0.15) is 12.2 Å². The second kappa shape index (κ2) is 10.3. The van der Waals surface area contributed by atoms with Crippen molar-refractivity contribution in [2.45, 2.75) is 25.3 Å². The van der Waals surface area contributed by atoms with Gasteiger partial charge in [0.2, 0.25) is 5.95 Å². The number of piperazine rings is 1. The number of nitrogens with one attached hydrogen (secondary N) is 2. The van der Waals surface area contributed by atoms with Gasteiger partial charge in [0.15, 0.2) is 0 Å². The van der Waals surface area contributed by atoms with E-state index in [9.17, 15) is 4.79 Å². The van der Waals surface area contributed by atoms with Crippen LogP contribution in [0.3, 0.4) is 0 Å². The van der Waals surface area contributed by atoms with E-state index in [-0.39, 0.29) is 11.5 Å². The number of likely N-dealkylation sites (tertiary alicyclic amines) is 1. The summed E-state index contributed by atoms with van der Waals surface area (Å²) in [4.78, 5) is 39.6. The molecule has 4 aromatic heterocycles. The lowest BCUT2D eigenvalue weighted by Gasteiger charge is -2.31. The quantitative estimate of drug-likeness (QED) is 0.413. The lowest BCUT2D eigenvalue weighted by Crippen LogP contribution is -2.43. The SMILES string of the molecule is O=c1cc(-c2cccs2)nc(C2CCCN(Cc3cn(-c4ncc(N5CCNCC5)cn4)cn3)C2)[nH]1.